The molecule has 4 amide bonds. The Morgan fingerprint density at radius 1 is 0.897 bits per heavy atom. The Balaban J connectivity index is 1.46. The van der Waals surface area contributed by atoms with Crippen LogP contribution >= 0.6 is 0 Å². The first-order chi connectivity index (χ1) is 14.0. The molecule has 0 spiro atoms. The van der Waals surface area contributed by atoms with E-state index in [2.05, 4.69) is 48.5 Å². The Bertz CT molecular complexity index is 1000. The Morgan fingerprint density at radius 2 is 1.55 bits per heavy atom. The van der Waals surface area contributed by atoms with Gasteiger partial charge >= 0.3 is 12.1 Å². The van der Waals surface area contributed by atoms with Crippen molar-refractivity contribution in [2.75, 3.05) is 0 Å². The molecule has 2 N–H and O–H groups in total. The lowest BCUT2D eigenvalue weighted by molar-refractivity contribution is 0.0904. The monoisotopic (exact) mass is 386 g/mol. The predicted octanol–water partition coefficient (Wildman–Crippen LogP) is 3.38. The quantitative estimate of drug-likeness (QED) is 0.795. The number of fused-ring (bicyclic) bond motifs is 1. The Hall–Kier alpha value is -3.72. The van der Waals surface area contributed by atoms with Crippen LogP contribution in [0.5, 0.6) is 0 Å². The summed E-state index contributed by atoms with van der Waals surface area (Å²) in [5.41, 5.74) is 3.12. The molecule has 1 fully saturated rings. The molecule has 0 radical (unpaired) electrons. The van der Waals surface area contributed by atoms with Crippen LogP contribution in [-0.4, -0.2) is 34.2 Å². The maximum atomic E-state index is 12.0. The van der Waals surface area contributed by atoms with Gasteiger partial charge in [-0.15, -0.1) is 0 Å². The molecule has 0 bridgehead atoms. The molecule has 2 aromatic rings. The molecule has 6 heteroatoms. The van der Waals surface area contributed by atoms with Gasteiger partial charge in [-0.05, 0) is 36.8 Å². The highest BCUT2D eigenvalue weighted by molar-refractivity contribution is 5.96. The summed E-state index contributed by atoms with van der Waals surface area (Å²) in [5, 5.41) is 5.03. The molecule has 6 nitrogen and oxygen atoms in total. The number of nitrogens with zero attached hydrogens (tertiary/aromatic N) is 2. The standard InChI is InChI=1S/C23H22N4O2/c1-16(17(2)26-14-15-27-22(26)24-21(28)25-23(27)29)20-12-10-19(11-13-20)9-8-18-6-4-3-5-7-18/h3-7,10-17,22H,1-2H3,(H2,24,25,28,29). The third-order valence-corrected chi connectivity index (χ3v) is 5.42. The largest absolute Gasteiger partial charge is 0.336 e. The van der Waals surface area contributed by atoms with E-state index in [-0.39, 0.29) is 12.0 Å². The number of rotatable bonds is 3. The number of benzene rings is 2. The number of hydrogen-bond acceptors (Lipinski definition) is 3. The highest BCUT2D eigenvalue weighted by Crippen LogP contribution is 2.28. The van der Waals surface area contributed by atoms with Crippen LogP contribution in [0, 0.1) is 11.8 Å². The van der Waals surface area contributed by atoms with Crippen molar-refractivity contribution in [3.63, 3.8) is 0 Å². The fourth-order valence-corrected chi connectivity index (χ4v) is 3.52. The van der Waals surface area contributed by atoms with Crippen LogP contribution < -0.4 is 10.6 Å². The Labute approximate surface area is 170 Å². The van der Waals surface area contributed by atoms with Crippen molar-refractivity contribution in [3.05, 3.63) is 83.7 Å². The van der Waals surface area contributed by atoms with Crippen molar-refractivity contribution in [1.82, 2.24) is 20.4 Å². The summed E-state index contributed by atoms with van der Waals surface area (Å²) >= 11 is 0. The first-order valence-electron chi connectivity index (χ1n) is 9.55. The summed E-state index contributed by atoms with van der Waals surface area (Å²) in [4.78, 5) is 27.1. The van der Waals surface area contributed by atoms with Crippen LogP contribution in [0.1, 0.15) is 36.5 Å². The summed E-state index contributed by atoms with van der Waals surface area (Å²) in [5.74, 6) is 6.53. The Kier molecular flexibility index (Phi) is 4.96. The van der Waals surface area contributed by atoms with Gasteiger partial charge in [-0.3, -0.25) is 15.5 Å². The number of carbonyl (C=O) groups is 2. The minimum absolute atomic E-state index is 0.0636. The fourth-order valence-electron chi connectivity index (χ4n) is 3.52. The van der Waals surface area contributed by atoms with Gasteiger partial charge in [0.1, 0.15) is 0 Å². The van der Waals surface area contributed by atoms with Crippen molar-refractivity contribution < 1.29 is 9.59 Å². The van der Waals surface area contributed by atoms with E-state index >= 15 is 0 Å². The molecule has 2 aliphatic rings. The van der Waals surface area contributed by atoms with Crippen molar-refractivity contribution in [1.29, 1.82) is 0 Å². The maximum absolute atomic E-state index is 12.0. The fraction of sp³-hybridized carbons (Fsp3) is 0.217. The number of imide groups is 1. The number of nitrogens with one attached hydrogen (secondary N) is 2. The maximum Gasteiger partial charge on any atom is 0.332 e. The molecule has 1 saturated heterocycles. The summed E-state index contributed by atoms with van der Waals surface area (Å²) in [6.07, 6.45) is 3.03. The molecular weight excluding hydrogens is 364 g/mol. The molecule has 29 heavy (non-hydrogen) atoms. The van der Waals surface area contributed by atoms with Gasteiger partial charge in [-0.1, -0.05) is 49.1 Å². The van der Waals surface area contributed by atoms with Crippen LogP contribution in [0.15, 0.2) is 67.0 Å². The first-order valence-corrected chi connectivity index (χ1v) is 9.55. The third-order valence-electron chi connectivity index (χ3n) is 5.42. The second kappa shape index (κ2) is 7.72. The highest BCUT2D eigenvalue weighted by Gasteiger charge is 2.40. The number of carbonyl (C=O) groups excluding carboxylic acids is 2. The number of urea groups is 2. The molecular formula is C23H22N4O2. The topological polar surface area (TPSA) is 64.7 Å². The average Bonchev–Trinajstić information content (AvgIpc) is 3.16. The predicted molar refractivity (Wildman–Crippen MR) is 110 cm³/mol. The summed E-state index contributed by atoms with van der Waals surface area (Å²) in [6.45, 7) is 4.22. The molecule has 2 heterocycles. The molecule has 0 saturated carbocycles. The zero-order valence-corrected chi connectivity index (χ0v) is 16.3. The lowest BCUT2D eigenvalue weighted by Gasteiger charge is -2.40. The minimum Gasteiger partial charge on any atom is -0.336 e. The third kappa shape index (κ3) is 3.81. The van der Waals surface area contributed by atoms with Gasteiger partial charge in [0.2, 0.25) is 0 Å². The number of hydrogen-bond donors (Lipinski definition) is 2. The van der Waals surface area contributed by atoms with Crippen LogP contribution in [0.4, 0.5) is 9.59 Å². The molecule has 2 aliphatic heterocycles. The second-order valence-corrected chi connectivity index (χ2v) is 7.20. The summed E-state index contributed by atoms with van der Waals surface area (Å²) in [6, 6.07) is 17.3. The molecule has 3 unspecified atom stereocenters. The van der Waals surface area contributed by atoms with E-state index in [1.807, 2.05) is 53.6 Å². The van der Waals surface area contributed by atoms with Crippen LogP contribution in [0.2, 0.25) is 0 Å². The van der Waals surface area contributed by atoms with Crippen LogP contribution in [-0.2, 0) is 0 Å². The zero-order chi connectivity index (χ0) is 20.4. The molecule has 2 aromatic carbocycles. The van der Waals surface area contributed by atoms with E-state index in [9.17, 15) is 9.59 Å². The highest BCUT2D eigenvalue weighted by atomic mass is 16.2. The van der Waals surface area contributed by atoms with Gasteiger partial charge in [0.25, 0.3) is 0 Å². The van der Waals surface area contributed by atoms with E-state index in [0.717, 1.165) is 11.1 Å². The second-order valence-electron chi connectivity index (χ2n) is 7.20. The smallest absolute Gasteiger partial charge is 0.332 e. The zero-order valence-electron chi connectivity index (χ0n) is 16.3. The van der Waals surface area contributed by atoms with Crippen molar-refractivity contribution in [2.45, 2.75) is 32.1 Å². The Morgan fingerprint density at radius 3 is 2.24 bits per heavy atom. The van der Waals surface area contributed by atoms with E-state index < -0.39 is 18.4 Å². The molecule has 4 rings (SSSR count). The molecule has 0 aromatic heterocycles. The lowest BCUT2D eigenvalue weighted by atomic mass is 9.93. The van der Waals surface area contributed by atoms with Crippen molar-refractivity contribution >= 4 is 12.1 Å². The lowest BCUT2D eigenvalue weighted by Crippen LogP contribution is -2.65. The van der Waals surface area contributed by atoms with Gasteiger partial charge in [-0.25, -0.2) is 9.59 Å². The van der Waals surface area contributed by atoms with E-state index in [1.54, 1.807) is 6.20 Å². The van der Waals surface area contributed by atoms with Crippen molar-refractivity contribution in [2.24, 2.45) is 0 Å². The van der Waals surface area contributed by atoms with Gasteiger partial charge in [0.15, 0.2) is 6.29 Å². The van der Waals surface area contributed by atoms with Gasteiger partial charge in [-0.2, -0.15) is 0 Å². The van der Waals surface area contributed by atoms with Crippen molar-refractivity contribution in [3.8, 4) is 11.8 Å². The summed E-state index contributed by atoms with van der Waals surface area (Å²) < 4.78 is 0. The normalized spacial score (nSPS) is 19.6. The minimum atomic E-state index is -0.496. The SMILES string of the molecule is CC(c1ccc(C#Cc2ccccc2)cc1)C(C)N1C=CN2C(=O)NC(=O)NC21. The summed E-state index contributed by atoms with van der Waals surface area (Å²) in [7, 11) is 0. The average molecular weight is 386 g/mol. The van der Waals surface area contributed by atoms with Gasteiger partial charge < -0.3 is 4.90 Å². The van der Waals surface area contributed by atoms with E-state index in [0.29, 0.717) is 0 Å². The van der Waals surface area contributed by atoms with E-state index in [1.165, 1.54) is 10.5 Å². The van der Waals surface area contributed by atoms with Crippen LogP contribution in [0.3, 0.4) is 0 Å². The molecule has 146 valence electrons. The molecule has 0 aliphatic carbocycles. The van der Waals surface area contributed by atoms with Crippen LogP contribution in [0.25, 0.3) is 0 Å². The molecule has 3 atom stereocenters. The first kappa shape index (κ1) is 18.6. The van der Waals surface area contributed by atoms with Gasteiger partial charge in [0, 0.05) is 35.5 Å². The van der Waals surface area contributed by atoms with E-state index in [4.69, 9.17) is 0 Å². The number of amides is 4. The van der Waals surface area contributed by atoms with Gasteiger partial charge in [0.05, 0.1) is 0 Å².